The minimum atomic E-state index is 0.0726. The van der Waals surface area contributed by atoms with Crippen LogP contribution in [-0.4, -0.2) is 85.2 Å². The number of ether oxygens (including phenoxy) is 1. The summed E-state index contributed by atoms with van der Waals surface area (Å²) in [4.78, 5) is 18.8. The zero-order chi connectivity index (χ0) is 15.4. The van der Waals surface area contributed by atoms with Crippen LogP contribution in [0.4, 0.5) is 0 Å². The molecule has 0 radical (unpaired) electrons. The first kappa shape index (κ1) is 16.7. The van der Waals surface area contributed by atoms with E-state index < -0.39 is 0 Å². The van der Waals surface area contributed by atoms with Gasteiger partial charge in [0, 0.05) is 44.8 Å². The highest BCUT2D eigenvalue weighted by atomic mass is 16.5. The fraction of sp³-hybridized carbons (Fsp3) is 0.938. The minimum absolute atomic E-state index is 0.0726. The van der Waals surface area contributed by atoms with E-state index >= 15 is 0 Å². The molecule has 0 saturated carbocycles. The Kier molecular flexibility index (Phi) is 6.02. The maximum Gasteiger partial charge on any atom is 0.225 e. The van der Waals surface area contributed by atoms with Crippen LogP contribution in [0.5, 0.6) is 0 Å². The van der Waals surface area contributed by atoms with Crippen molar-refractivity contribution >= 4 is 5.91 Å². The summed E-state index contributed by atoms with van der Waals surface area (Å²) >= 11 is 0. The van der Waals surface area contributed by atoms with E-state index in [2.05, 4.69) is 37.6 Å². The third kappa shape index (κ3) is 4.66. The second-order valence-electron chi connectivity index (χ2n) is 6.80. The lowest BCUT2D eigenvalue weighted by molar-refractivity contribution is -0.139. The molecule has 2 saturated heterocycles. The maximum atomic E-state index is 12.0. The number of likely N-dealkylation sites (N-methyl/N-ethyl adjacent to an activating group) is 1. The highest BCUT2D eigenvalue weighted by Crippen LogP contribution is 2.15. The van der Waals surface area contributed by atoms with Crippen molar-refractivity contribution in [3.63, 3.8) is 0 Å². The molecule has 0 aromatic rings. The van der Waals surface area contributed by atoms with E-state index in [-0.39, 0.29) is 12.0 Å². The van der Waals surface area contributed by atoms with Gasteiger partial charge in [-0.25, -0.2) is 0 Å². The normalized spacial score (nSPS) is 25.2. The molecule has 2 unspecified atom stereocenters. The Bertz CT molecular complexity index is 344. The summed E-state index contributed by atoms with van der Waals surface area (Å²) in [6.07, 6.45) is 1.77. The first-order valence-electron chi connectivity index (χ1n) is 8.31. The number of rotatable bonds is 6. The second kappa shape index (κ2) is 7.56. The van der Waals surface area contributed by atoms with Crippen molar-refractivity contribution in [3.05, 3.63) is 0 Å². The summed E-state index contributed by atoms with van der Waals surface area (Å²) in [5.41, 5.74) is 0. The van der Waals surface area contributed by atoms with Gasteiger partial charge in [-0.3, -0.25) is 9.69 Å². The first-order valence-corrected chi connectivity index (χ1v) is 8.31. The van der Waals surface area contributed by atoms with Gasteiger partial charge >= 0.3 is 0 Å². The zero-order valence-corrected chi connectivity index (χ0v) is 14.0. The molecule has 2 aliphatic heterocycles. The molecule has 0 aromatic heterocycles. The monoisotopic (exact) mass is 297 g/mol. The quantitative estimate of drug-likeness (QED) is 0.734. The standard InChI is InChI=1S/C16H31N3O2/c1-13(2)17(4)14(3)11-18-8-9-21-15(12-18)10-16(20)19-6-5-7-19/h13-15H,5-12H2,1-4H3. The van der Waals surface area contributed by atoms with Crippen LogP contribution in [0.2, 0.25) is 0 Å². The lowest BCUT2D eigenvalue weighted by Crippen LogP contribution is -2.51. The van der Waals surface area contributed by atoms with Crippen molar-refractivity contribution in [1.82, 2.24) is 14.7 Å². The Morgan fingerprint density at radius 3 is 2.57 bits per heavy atom. The van der Waals surface area contributed by atoms with Gasteiger partial charge in [-0.2, -0.15) is 0 Å². The maximum absolute atomic E-state index is 12.0. The van der Waals surface area contributed by atoms with Crippen LogP contribution >= 0.6 is 0 Å². The number of morpholine rings is 1. The smallest absolute Gasteiger partial charge is 0.225 e. The van der Waals surface area contributed by atoms with Gasteiger partial charge in [0.15, 0.2) is 0 Å². The number of nitrogens with zero attached hydrogens (tertiary/aromatic N) is 3. The molecule has 122 valence electrons. The van der Waals surface area contributed by atoms with Gasteiger partial charge in [0.1, 0.15) is 0 Å². The lowest BCUT2D eigenvalue weighted by Gasteiger charge is -2.38. The van der Waals surface area contributed by atoms with Crippen LogP contribution in [0, 0.1) is 0 Å². The van der Waals surface area contributed by atoms with Crippen molar-refractivity contribution < 1.29 is 9.53 Å². The van der Waals surface area contributed by atoms with Crippen LogP contribution < -0.4 is 0 Å². The van der Waals surface area contributed by atoms with E-state index in [1.54, 1.807) is 0 Å². The van der Waals surface area contributed by atoms with E-state index in [4.69, 9.17) is 4.74 Å². The molecule has 2 aliphatic rings. The molecule has 2 atom stereocenters. The molecule has 0 bridgehead atoms. The van der Waals surface area contributed by atoms with Gasteiger partial charge in [0.2, 0.25) is 5.91 Å². The van der Waals surface area contributed by atoms with Crippen LogP contribution in [-0.2, 0) is 9.53 Å². The van der Waals surface area contributed by atoms with Gasteiger partial charge in [-0.05, 0) is 34.2 Å². The Balaban J connectivity index is 1.76. The van der Waals surface area contributed by atoms with Crippen molar-refractivity contribution in [2.45, 2.75) is 51.8 Å². The van der Waals surface area contributed by atoms with E-state index in [0.29, 0.717) is 18.5 Å². The third-order valence-electron chi connectivity index (χ3n) is 4.87. The minimum Gasteiger partial charge on any atom is -0.375 e. The predicted octanol–water partition coefficient (Wildman–Crippen LogP) is 1.04. The first-order chi connectivity index (χ1) is 9.97. The fourth-order valence-electron chi connectivity index (χ4n) is 2.97. The third-order valence-corrected chi connectivity index (χ3v) is 4.87. The number of hydrogen-bond acceptors (Lipinski definition) is 4. The Hall–Kier alpha value is -0.650. The molecule has 1 amide bonds. The van der Waals surface area contributed by atoms with Gasteiger partial charge in [-0.1, -0.05) is 0 Å². The summed E-state index contributed by atoms with van der Waals surface area (Å²) in [5, 5.41) is 0. The number of amides is 1. The largest absolute Gasteiger partial charge is 0.375 e. The number of carbonyl (C=O) groups is 1. The molecule has 2 fully saturated rings. The average molecular weight is 297 g/mol. The summed E-state index contributed by atoms with van der Waals surface area (Å²) in [5.74, 6) is 0.264. The van der Waals surface area contributed by atoms with Crippen LogP contribution in [0.1, 0.15) is 33.6 Å². The molecule has 0 aliphatic carbocycles. The van der Waals surface area contributed by atoms with Gasteiger partial charge in [0.25, 0.3) is 0 Å². The van der Waals surface area contributed by atoms with Gasteiger partial charge < -0.3 is 14.5 Å². The van der Waals surface area contributed by atoms with Crippen molar-refractivity contribution in [2.75, 3.05) is 46.4 Å². The molecule has 21 heavy (non-hydrogen) atoms. The van der Waals surface area contributed by atoms with Crippen LogP contribution in [0.3, 0.4) is 0 Å². The molecule has 2 rings (SSSR count). The van der Waals surface area contributed by atoms with E-state index in [1.165, 1.54) is 0 Å². The van der Waals surface area contributed by atoms with Crippen molar-refractivity contribution in [3.8, 4) is 0 Å². The highest BCUT2D eigenvalue weighted by Gasteiger charge is 2.28. The number of hydrogen-bond donors (Lipinski definition) is 0. The Morgan fingerprint density at radius 2 is 2.00 bits per heavy atom. The fourth-order valence-corrected chi connectivity index (χ4v) is 2.97. The molecular formula is C16H31N3O2. The molecule has 5 nitrogen and oxygen atoms in total. The average Bonchev–Trinajstić information content (AvgIpc) is 2.35. The SMILES string of the molecule is CC(C)N(C)C(C)CN1CCOC(CC(=O)N2CCC2)C1. The second-order valence-corrected chi connectivity index (χ2v) is 6.80. The van der Waals surface area contributed by atoms with Gasteiger partial charge in [-0.15, -0.1) is 0 Å². The Labute approximate surface area is 129 Å². The molecule has 5 heteroatoms. The van der Waals surface area contributed by atoms with Crippen molar-refractivity contribution in [2.24, 2.45) is 0 Å². The molecule has 2 heterocycles. The lowest BCUT2D eigenvalue weighted by atomic mass is 10.1. The Morgan fingerprint density at radius 1 is 1.29 bits per heavy atom. The molecule has 0 spiro atoms. The van der Waals surface area contributed by atoms with E-state index in [1.807, 2.05) is 4.90 Å². The topological polar surface area (TPSA) is 36.0 Å². The van der Waals surface area contributed by atoms with E-state index in [9.17, 15) is 4.79 Å². The van der Waals surface area contributed by atoms with Gasteiger partial charge in [0.05, 0.1) is 19.1 Å². The molecule has 0 aromatic carbocycles. The molecular weight excluding hydrogens is 266 g/mol. The number of likely N-dealkylation sites (tertiary alicyclic amines) is 1. The van der Waals surface area contributed by atoms with E-state index in [0.717, 1.165) is 45.8 Å². The summed E-state index contributed by atoms with van der Waals surface area (Å²) in [6, 6.07) is 1.08. The summed E-state index contributed by atoms with van der Waals surface area (Å²) in [7, 11) is 2.18. The predicted molar refractivity (Wildman–Crippen MR) is 84.4 cm³/mol. The van der Waals surface area contributed by atoms with Crippen molar-refractivity contribution in [1.29, 1.82) is 0 Å². The highest BCUT2D eigenvalue weighted by molar-refractivity contribution is 5.77. The van der Waals surface area contributed by atoms with Crippen LogP contribution in [0.15, 0.2) is 0 Å². The summed E-state index contributed by atoms with van der Waals surface area (Å²) < 4.78 is 5.78. The summed E-state index contributed by atoms with van der Waals surface area (Å²) in [6.45, 7) is 12.3. The number of carbonyl (C=O) groups excluding carboxylic acids is 1. The van der Waals surface area contributed by atoms with Crippen LogP contribution in [0.25, 0.3) is 0 Å². The zero-order valence-electron chi connectivity index (χ0n) is 14.0. The molecule has 0 N–H and O–H groups in total.